The molecule has 2 heterocycles. The SMILES string of the molecule is CC1Cc2ccccc2N1C(=O)C(C)n1cc(C(=O)O)cn1. The highest BCUT2D eigenvalue weighted by molar-refractivity contribution is 5.98. The molecule has 0 saturated carbocycles. The Morgan fingerprint density at radius 2 is 2.09 bits per heavy atom. The van der Waals surface area contributed by atoms with Crippen LogP contribution >= 0.6 is 0 Å². The van der Waals surface area contributed by atoms with Crippen LogP contribution in [0.25, 0.3) is 0 Å². The van der Waals surface area contributed by atoms with Crippen molar-refractivity contribution in [3.8, 4) is 0 Å². The van der Waals surface area contributed by atoms with Crippen molar-refractivity contribution in [2.75, 3.05) is 4.90 Å². The molecule has 0 aliphatic carbocycles. The van der Waals surface area contributed by atoms with Gasteiger partial charge in [0.15, 0.2) is 0 Å². The molecule has 6 nitrogen and oxygen atoms in total. The van der Waals surface area contributed by atoms with Crippen molar-refractivity contribution >= 4 is 17.6 Å². The van der Waals surface area contributed by atoms with Crippen LogP contribution < -0.4 is 4.90 Å². The summed E-state index contributed by atoms with van der Waals surface area (Å²) < 4.78 is 1.40. The number of carboxylic acid groups (broad SMARTS) is 1. The largest absolute Gasteiger partial charge is 0.478 e. The highest BCUT2D eigenvalue weighted by Crippen LogP contribution is 2.33. The van der Waals surface area contributed by atoms with Crippen molar-refractivity contribution in [1.29, 1.82) is 0 Å². The van der Waals surface area contributed by atoms with E-state index in [4.69, 9.17) is 5.11 Å². The third kappa shape index (κ3) is 2.26. The number of para-hydroxylation sites is 1. The number of carboxylic acids is 1. The lowest BCUT2D eigenvalue weighted by atomic mass is 10.1. The third-order valence-corrected chi connectivity index (χ3v) is 4.05. The Labute approximate surface area is 128 Å². The Morgan fingerprint density at radius 1 is 1.36 bits per heavy atom. The van der Waals surface area contributed by atoms with Gasteiger partial charge in [-0.3, -0.25) is 9.48 Å². The number of hydrogen-bond donors (Lipinski definition) is 1. The van der Waals surface area contributed by atoms with Crippen LogP contribution in [0.15, 0.2) is 36.7 Å². The molecule has 6 heteroatoms. The number of benzene rings is 1. The summed E-state index contributed by atoms with van der Waals surface area (Å²) in [5.41, 5.74) is 2.16. The molecule has 3 rings (SSSR count). The molecule has 0 saturated heterocycles. The lowest BCUT2D eigenvalue weighted by Gasteiger charge is -2.26. The van der Waals surface area contributed by atoms with E-state index in [2.05, 4.69) is 5.10 Å². The minimum absolute atomic E-state index is 0.0783. The summed E-state index contributed by atoms with van der Waals surface area (Å²) in [5.74, 6) is -1.14. The van der Waals surface area contributed by atoms with Crippen LogP contribution in [0.3, 0.4) is 0 Å². The summed E-state index contributed by atoms with van der Waals surface area (Å²) in [6.07, 6.45) is 3.47. The number of fused-ring (bicyclic) bond motifs is 1. The molecule has 0 bridgehead atoms. The second kappa shape index (κ2) is 5.29. The Kier molecular flexibility index (Phi) is 3.44. The number of amides is 1. The molecule has 114 valence electrons. The molecule has 1 N–H and O–H groups in total. The molecule has 1 aliphatic rings. The van der Waals surface area contributed by atoms with Crippen molar-refractivity contribution < 1.29 is 14.7 Å². The van der Waals surface area contributed by atoms with E-state index in [1.165, 1.54) is 17.1 Å². The molecular weight excluding hydrogens is 282 g/mol. The number of rotatable bonds is 3. The van der Waals surface area contributed by atoms with Crippen LogP contribution in [0, 0.1) is 0 Å². The Balaban J connectivity index is 1.88. The zero-order valence-electron chi connectivity index (χ0n) is 12.4. The molecule has 1 aromatic carbocycles. The van der Waals surface area contributed by atoms with Crippen LogP contribution in [-0.2, 0) is 11.2 Å². The maximum Gasteiger partial charge on any atom is 0.338 e. The van der Waals surface area contributed by atoms with Crippen LogP contribution in [0.2, 0.25) is 0 Å². The molecule has 1 amide bonds. The molecule has 2 aromatic rings. The van der Waals surface area contributed by atoms with Gasteiger partial charge in [0.1, 0.15) is 6.04 Å². The molecule has 0 radical (unpaired) electrons. The monoisotopic (exact) mass is 299 g/mol. The highest BCUT2D eigenvalue weighted by atomic mass is 16.4. The predicted octanol–water partition coefficient (Wildman–Crippen LogP) is 2.12. The number of anilines is 1. The average molecular weight is 299 g/mol. The Morgan fingerprint density at radius 3 is 2.77 bits per heavy atom. The summed E-state index contributed by atoms with van der Waals surface area (Å²) in [4.78, 5) is 25.5. The molecule has 2 atom stereocenters. The fraction of sp³-hybridized carbons (Fsp3) is 0.312. The lowest BCUT2D eigenvalue weighted by Crippen LogP contribution is -2.40. The molecule has 1 aliphatic heterocycles. The van der Waals surface area contributed by atoms with E-state index in [1.54, 1.807) is 11.8 Å². The quantitative estimate of drug-likeness (QED) is 0.942. The zero-order chi connectivity index (χ0) is 15.9. The lowest BCUT2D eigenvalue weighted by molar-refractivity contribution is -0.121. The molecular formula is C16H17N3O3. The number of aromatic nitrogens is 2. The van der Waals surface area contributed by atoms with Crippen LogP contribution in [0.1, 0.15) is 35.8 Å². The normalized spacial score (nSPS) is 18.1. The summed E-state index contributed by atoms with van der Waals surface area (Å²) in [7, 11) is 0. The van der Waals surface area contributed by atoms with E-state index in [1.807, 2.05) is 31.2 Å². The van der Waals surface area contributed by atoms with Gasteiger partial charge in [-0.15, -0.1) is 0 Å². The van der Waals surface area contributed by atoms with Gasteiger partial charge in [0.05, 0.1) is 11.8 Å². The zero-order valence-corrected chi connectivity index (χ0v) is 12.4. The fourth-order valence-corrected chi connectivity index (χ4v) is 2.88. The van der Waals surface area contributed by atoms with E-state index >= 15 is 0 Å². The maximum atomic E-state index is 12.8. The number of nitrogens with zero attached hydrogens (tertiary/aromatic N) is 3. The van der Waals surface area contributed by atoms with Crippen LogP contribution in [0.5, 0.6) is 0 Å². The van der Waals surface area contributed by atoms with Gasteiger partial charge in [0.25, 0.3) is 5.91 Å². The van der Waals surface area contributed by atoms with E-state index in [-0.39, 0.29) is 17.5 Å². The third-order valence-electron chi connectivity index (χ3n) is 4.05. The average Bonchev–Trinajstić information content (AvgIpc) is 3.09. The Bertz CT molecular complexity index is 738. The first kappa shape index (κ1) is 14.3. The van der Waals surface area contributed by atoms with Gasteiger partial charge in [-0.05, 0) is 31.9 Å². The first-order valence-electron chi connectivity index (χ1n) is 7.17. The van der Waals surface area contributed by atoms with E-state index < -0.39 is 12.0 Å². The van der Waals surface area contributed by atoms with E-state index in [0.717, 1.165) is 17.7 Å². The second-order valence-electron chi connectivity index (χ2n) is 5.58. The van der Waals surface area contributed by atoms with Gasteiger partial charge in [-0.25, -0.2) is 4.79 Å². The highest BCUT2D eigenvalue weighted by Gasteiger charge is 2.33. The number of hydrogen-bond acceptors (Lipinski definition) is 3. The fourth-order valence-electron chi connectivity index (χ4n) is 2.88. The smallest absolute Gasteiger partial charge is 0.338 e. The van der Waals surface area contributed by atoms with Crippen LogP contribution in [-0.4, -0.2) is 32.8 Å². The van der Waals surface area contributed by atoms with Gasteiger partial charge in [0, 0.05) is 17.9 Å². The van der Waals surface area contributed by atoms with Crippen molar-refractivity contribution in [1.82, 2.24) is 9.78 Å². The second-order valence-corrected chi connectivity index (χ2v) is 5.58. The summed E-state index contributed by atoms with van der Waals surface area (Å²) in [6.45, 7) is 3.74. The molecule has 0 fully saturated rings. The molecule has 1 aromatic heterocycles. The molecule has 22 heavy (non-hydrogen) atoms. The van der Waals surface area contributed by atoms with Gasteiger partial charge in [-0.2, -0.15) is 5.10 Å². The van der Waals surface area contributed by atoms with E-state index in [0.29, 0.717) is 0 Å². The van der Waals surface area contributed by atoms with Crippen LogP contribution in [0.4, 0.5) is 5.69 Å². The first-order chi connectivity index (χ1) is 10.5. The van der Waals surface area contributed by atoms with Crippen molar-refractivity contribution in [3.63, 3.8) is 0 Å². The topological polar surface area (TPSA) is 75.4 Å². The Hall–Kier alpha value is -2.63. The number of aromatic carboxylic acids is 1. The predicted molar refractivity (Wildman–Crippen MR) is 81.0 cm³/mol. The van der Waals surface area contributed by atoms with Gasteiger partial charge in [0.2, 0.25) is 0 Å². The molecule has 2 unspecified atom stereocenters. The number of carbonyl (C=O) groups is 2. The summed E-state index contributed by atoms with van der Waals surface area (Å²) in [5, 5.41) is 13.0. The van der Waals surface area contributed by atoms with Gasteiger partial charge in [-0.1, -0.05) is 18.2 Å². The first-order valence-corrected chi connectivity index (χ1v) is 7.17. The van der Waals surface area contributed by atoms with E-state index in [9.17, 15) is 9.59 Å². The maximum absolute atomic E-state index is 12.8. The summed E-state index contributed by atoms with van der Waals surface area (Å²) in [6, 6.07) is 7.38. The van der Waals surface area contributed by atoms with Crippen molar-refractivity contribution in [2.24, 2.45) is 0 Å². The minimum Gasteiger partial charge on any atom is -0.478 e. The van der Waals surface area contributed by atoms with Crippen molar-refractivity contribution in [3.05, 3.63) is 47.8 Å². The minimum atomic E-state index is -1.05. The van der Waals surface area contributed by atoms with Crippen molar-refractivity contribution in [2.45, 2.75) is 32.4 Å². The standard InChI is InChI=1S/C16H17N3O3/c1-10-7-12-5-3-4-6-14(12)19(10)15(20)11(2)18-9-13(8-17-18)16(21)22/h3-6,8-11H,7H2,1-2H3,(H,21,22). The summed E-state index contributed by atoms with van der Waals surface area (Å²) >= 11 is 0. The van der Waals surface area contributed by atoms with Gasteiger partial charge < -0.3 is 10.0 Å². The number of carbonyl (C=O) groups excluding carboxylic acids is 1. The molecule has 0 spiro atoms. The van der Waals surface area contributed by atoms with Gasteiger partial charge >= 0.3 is 5.97 Å².